The van der Waals surface area contributed by atoms with Crippen molar-refractivity contribution in [2.75, 3.05) is 5.75 Å². The van der Waals surface area contributed by atoms with Crippen LogP contribution in [0.25, 0.3) is 22.7 Å². The van der Waals surface area contributed by atoms with Crippen LogP contribution in [-0.2, 0) is 23.1 Å². The van der Waals surface area contributed by atoms with E-state index >= 15 is 0 Å². The number of sulfone groups is 1. The van der Waals surface area contributed by atoms with E-state index in [1.165, 1.54) is 30.7 Å². The van der Waals surface area contributed by atoms with Crippen LogP contribution < -0.4 is 0 Å². The van der Waals surface area contributed by atoms with Gasteiger partial charge >= 0.3 is 6.18 Å². The van der Waals surface area contributed by atoms with Crippen molar-refractivity contribution in [1.29, 1.82) is 5.41 Å². The highest BCUT2D eigenvalue weighted by Crippen LogP contribution is 2.31. The fourth-order valence-electron chi connectivity index (χ4n) is 2.44. The zero-order valence-corrected chi connectivity index (χ0v) is 14.9. The molecule has 0 saturated heterocycles. The molecule has 0 spiro atoms. The van der Waals surface area contributed by atoms with E-state index in [1.807, 2.05) is 0 Å². The fourth-order valence-corrected chi connectivity index (χ4v) is 3.46. The first-order valence-corrected chi connectivity index (χ1v) is 9.25. The van der Waals surface area contributed by atoms with Crippen LogP contribution in [0.2, 0.25) is 0 Å². The van der Waals surface area contributed by atoms with E-state index < -0.39 is 21.7 Å². The average Bonchev–Trinajstić information content (AvgIpc) is 2.96. The smallest absolute Gasteiger partial charge is 0.309 e. The lowest BCUT2D eigenvalue weighted by atomic mass is 10.3. The number of aromatic nitrogens is 5. The highest BCUT2D eigenvalue weighted by molar-refractivity contribution is 7.91. The maximum Gasteiger partial charge on any atom is 0.435 e. The molecule has 0 saturated carbocycles. The Bertz CT molecular complexity index is 1150. The van der Waals surface area contributed by atoms with E-state index in [1.54, 1.807) is 0 Å². The topological polar surface area (TPSA) is 114 Å². The van der Waals surface area contributed by atoms with Gasteiger partial charge in [-0.2, -0.15) is 13.2 Å². The standard InChI is InChI=1S/C15H13F3N6O2S/c1-3-27(25,26)10-5-4-8(7-19)20-12(10)14-21-9-6-11(15(16,17)18)22-23-13(9)24(14)2/h4-7,19H,3H2,1-2H3. The van der Waals surface area contributed by atoms with Gasteiger partial charge in [0.25, 0.3) is 0 Å². The Morgan fingerprint density at radius 2 is 1.93 bits per heavy atom. The minimum Gasteiger partial charge on any atom is -0.309 e. The van der Waals surface area contributed by atoms with Gasteiger partial charge in [-0.1, -0.05) is 6.92 Å². The quantitative estimate of drug-likeness (QED) is 0.674. The zero-order chi connectivity index (χ0) is 20.0. The Morgan fingerprint density at radius 1 is 1.22 bits per heavy atom. The van der Waals surface area contributed by atoms with Gasteiger partial charge in [0.2, 0.25) is 0 Å². The molecule has 0 bridgehead atoms. The van der Waals surface area contributed by atoms with E-state index in [0.29, 0.717) is 0 Å². The highest BCUT2D eigenvalue weighted by atomic mass is 32.2. The lowest BCUT2D eigenvalue weighted by Gasteiger charge is -2.09. The first-order valence-electron chi connectivity index (χ1n) is 7.60. The second-order valence-electron chi connectivity index (χ2n) is 5.56. The summed E-state index contributed by atoms with van der Waals surface area (Å²) in [4.78, 5) is 8.10. The fraction of sp³-hybridized carbons (Fsp3) is 0.267. The summed E-state index contributed by atoms with van der Waals surface area (Å²) in [6.07, 6.45) is -3.76. The third kappa shape index (κ3) is 3.27. The molecule has 0 atom stereocenters. The molecule has 3 rings (SSSR count). The number of pyridine rings is 1. The SMILES string of the molecule is CCS(=O)(=O)c1ccc(C=N)nc1-c1nc2cc(C(F)(F)F)nnc2n1C. The van der Waals surface area contributed by atoms with Crippen molar-refractivity contribution in [3.63, 3.8) is 0 Å². The number of hydrogen-bond donors (Lipinski definition) is 1. The van der Waals surface area contributed by atoms with Gasteiger partial charge in [-0.15, -0.1) is 10.2 Å². The number of nitrogens with one attached hydrogen (secondary N) is 1. The second kappa shape index (κ2) is 6.37. The molecule has 3 aromatic heterocycles. The van der Waals surface area contributed by atoms with Crippen LogP contribution in [0, 0.1) is 5.41 Å². The molecule has 0 aliphatic carbocycles. The van der Waals surface area contributed by atoms with Crippen molar-refractivity contribution >= 4 is 27.2 Å². The molecular weight excluding hydrogens is 385 g/mol. The molecule has 0 amide bonds. The predicted octanol–water partition coefficient (Wildman–Crippen LogP) is 2.24. The summed E-state index contributed by atoms with van der Waals surface area (Å²) < 4.78 is 64.7. The number of fused-ring (bicyclic) bond motifs is 1. The van der Waals surface area contributed by atoms with Gasteiger partial charge in [0, 0.05) is 19.3 Å². The van der Waals surface area contributed by atoms with Crippen LogP contribution in [-0.4, -0.2) is 45.1 Å². The predicted molar refractivity (Wildman–Crippen MR) is 90.1 cm³/mol. The van der Waals surface area contributed by atoms with Crippen LogP contribution in [0.5, 0.6) is 0 Å². The molecule has 12 heteroatoms. The lowest BCUT2D eigenvalue weighted by molar-refractivity contribution is -0.141. The Labute approximate surface area is 151 Å². The zero-order valence-electron chi connectivity index (χ0n) is 14.1. The van der Waals surface area contributed by atoms with E-state index in [-0.39, 0.29) is 39.0 Å². The van der Waals surface area contributed by atoms with Crippen molar-refractivity contribution in [2.45, 2.75) is 18.0 Å². The number of alkyl halides is 3. The number of nitrogens with zero attached hydrogens (tertiary/aromatic N) is 5. The number of rotatable bonds is 4. The summed E-state index contributed by atoms with van der Waals surface area (Å²) in [5, 5.41) is 14.0. The third-order valence-corrected chi connectivity index (χ3v) is 5.62. The van der Waals surface area contributed by atoms with Crippen LogP contribution in [0.3, 0.4) is 0 Å². The van der Waals surface area contributed by atoms with Crippen LogP contribution in [0.4, 0.5) is 13.2 Å². The van der Waals surface area contributed by atoms with Gasteiger partial charge in [0.15, 0.2) is 27.0 Å². The van der Waals surface area contributed by atoms with E-state index in [0.717, 1.165) is 12.3 Å². The Kier molecular flexibility index (Phi) is 4.46. The summed E-state index contributed by atoms with van der Waals surface area (Å²) in [6, 6.07) is 3.40. The molecule has 0 aliphatic rings. The van der Waals surface area contributed by atoms with E-state index in [4.69, 9.17) is 5.41 Å². The summed E-state index contributed by atoms with van der Waals surface area (Å²) in [5.41, 5.74) is -1.15. The largest absolute Gasteiger partial charge is 0.435 e. The van der Waals surface area contributed by atoms with E-state index in [9.17, 15) is 21.6 Å². The van der Waals surface area contributed by atoms with E-state index in [2.05, 4.69) is 20.2 Å². The minimum atomic E-state index is -4.69. The van der Waals surface area contributed by atoms with Crippen molar-refractivity contribution in [2.24, 2.45) is 7.05 Å². The highest BCUT2D eigenvalue weighted by Gasteiger charge is 2.34. The molecule has 1 N–H and O–H groups in total. The van der Waals surface area contributed by atoms with Gasteiger partial charge in [-0.25, -0.2) is 18.4 Å². The number of halogens is 3. The molecule has 0 fully saturated rings. The van der Waals surface area contributed by atoms with Gasteiger partial charge < -0.3 is 9.98 Å². The van der Waals surface area contributed by atoms with Crippen LogP contribution >= 0.6 is 0 Å². The van der Waals surface area contributed by atoms with Gasteiger partial charge in [-0.3, -0.25) is 0 Å². The molecule has 27 heavy (non-hydrogen) atoms. The number of hydrogen-bond acceptors (Lipinski definition) is 7. The molecule has 0 aliphatic heterocycles. The first-order chi connectivity index (χ1) is 12.6. The molecule has 0 radical (unpaired) electrons. The van der Waals surface area contributed by atoms with Crippen molar-refractivity contribution in [3.05, 3.63) is 29.6 Å². The Hall–Kier alpha value is -2.89. The number of imidazole rings is 1. The Balaban J connectivity index is 2.32. The molecule has 0 unspecified atom stereocenters. The van der Waals surface area contributed by atoms with Crippen molar-refractivity contribution in [3.8, 4) is 11.5 Å². The van der Waals surface area contributed by atoms with Crippen LogP contribution in [0.1, 0.15) is 18.3 Å². The second-order valence-corrected chi connectivity index (χ2v) is 7.81. The molecule has 8 nitrogen and oxygen atoms in total. The number of aryl methyl sites for hydroxylation is 1. The maximum absolute atomic E-state index is 12.9. The summed E-state index contributed by atoms with van der Waals surface area (Å²) in [5.74, 6) is -0.192. The normalized spacial score (nSPS) is 12.5. The van der Waals surface area contributed by atoms with Crippen molar-refractivity contribution in [1.82, 2.24) is 24.7 Å². The van der Waals surface area contributed by atoms with Gasteiger partial charge in [0.05, 0.1) is 16.3 Å². The summed E-state index contributed by atoms with van der Waals surface area (Å²) in [7, 11) is -2.23. The monoisotopic (exact) mass is 398 g/mol. The molecule has 3 heterocycles. The van der Waals surface area contributed by atoms with Crippen LogP contribution in [0.15, 0.2) is 23.1 Å². The molecule has 3 aromatic rings. The lowest BCUT2D eigenvalue weighted by Crippen LogP contribution is -2.10. The Morgan fingerprint density at radius 3 is 2.52 bits per heavy atom. The molecule has 142 valence electrons. The molecule has 0 aromatic carbocycles. The minimum absolute atomic E-state index is 0.00866. The third-order valence-electron chi connectivity index (χ3n) is 3.86. The van der Waals surface area contributed by atoms with Gasteiger partial charge in [-0.05, 0) is 12.1 Å². The average molecular weight is 398 g/mol. The first kappa shape index (κ1) is 18.9. The summed E-state index contributed by atoms with van der Waals surface area (Å²) in [6.45, 7) is 1.46. The van der Waals surface area contributed by atoms with Gasteiger partial charge in [0.1, 0.15) is 11.2 Å². The van der Waals surface area contributed by atoms with Crippen molar-refractivity contribution < 1.29 is 21.6 Å². The molecular formula is C15H13F3N6O2S. The maximum atomic E-state index is 12.9. The summed E-state index contributed by atoms with van der Waals surface area (Å²) >= 11 is 0.